The van der Waals surface area contributed by atoms with Crippen LogP contribution in [0.5, 0.6) is 0 Å². The fourth-order valence-electron chi connectivity index (χ4n) is 2.77. The van der Waals surface area contributed by atoms with Crippen LogP contribution in [0.4, 0.5) is 0 Å². The Labute approximate surface area is 127 Å². The number of amides is 1. The number of nitrogens with one attached hydrogen (secondary N) is 1. The molecule has 6 heteroatoms. The van der Waals surface area contributed by atoms with Gasteiger partial charge < -0.3 is 10.4 Å². The topological polar surface area (TPSA) is 67.2 Å². The smallest absolute Gasteiger partial charge is 0.225 e. The number of nitrogens with zero attached hydrogens (tertiary/aromatic N) is 2. The van der Waals surface area contributed by atoms with Crippen LogP contribution in [0.1, 0.15) is 29.3 Å². The molecule has 0 aromatic carbocycles. The van der Waals surface area contributed by atoms with Crippen molar-refractivity contribution in [1.29, 1.82) is 0 Å². The maximum absolute atomic E-state index is 12.2. The third-order valence-electron chi connectivity index (χ3n) is 3.94. The van der Waals surface area contributed by atoms with Gasteiger partial charge in [0, 0.05) is 23.7 Å². The van der Waals surface area contributed by atoms with Crippen LogP contribution in [-0.4, -0.2) is 26.9 Å². The molecule has 1 unspecified atom stereocenters. The molecule has 1 aliphatic carbocycles. The SMILES string of the molecule is Cn1cc(C(NC(=O)Cc2cccs2)C2CC(O)C2)cn1. The van der Waals surface area contributed by atoms with Gasteiger partial charge in [-0.2, -0.15) is 5.10 Å². The number of hydrogen-bond donors (Lipinski definition) is 2. The van der Waals surface area contributed by atoms with E-state index in [9.17, 15) is 9.90 Å². The molecule has 112 valence electrons. The molecule has 0 spiro atoms. The molecule has 2 aromatic rings. The largest absolute Gasteiger partial charge is 0.393 e. The van der Waals surface area contributed by atoms with Crippen LogP contribution in [0.25, 0.3) is 0 Å². The number of rotatable bonds is 5. The normalized spacial score (nSPS) is 22.6. The molecule has 3 rings (SSSR count). The minimum absolute atomic E-state index is 0.0210. The molecule has 21 heavy (non-hydrogen) atoms. The van der Waals surface area contributed by atoms with E-state index in [4.69, 9.17) is 0 Å². The van der Waals surface area contributed by atoms with Gasteiger partial charge in [-0.25, -0.2) is 0 Å². The molecule has 1 atom stereocenters. The maximum Gasteiger partial charge on any atom is 0.225 e. The lowest BCUT2D eigenvalue weighted by molar-refractivity contribution is -0.122. The zero-order valence-electron chi connectivity index (χ0n) is 11.9. The maximum atomic E-state index is 12.2. The molecule has 0 bridgehead atoms. The van der Waals surface area contributed by atoms with E-state index in [1.165, 1.54) is 0 Å². The van der Waals surface area contributed by atoms with E-state index in [1.54, 1.807) is 22.2 Å². The lowest BCUT2D eigenvalue weighted by Gasteiger charge is -2.37. The molecule has 0 aliphatic heterocycles. The van der Waals surface area contributed by atoms with E-state index in [0.29, 0.717) is 6.42 Å². The molecular formula is C15H19N3O2S. The number of carbonyl (C=O) groups is 1. The highest BCUT2D eigenvalue weighted by atomic mass is 32.1. The summed E-state index contributed by atoms with van der Waals surface area (Å²) in [6, 6.07) is 3.86. The average molecular weight is 305 g/mol. The monoisotopic (exact) mass is 305 g/mol. The van der Waals surface area contributed by atoms with Gasteiger partial charge in [0.2, 0.25) is 5.91 Å². The summed E-state index contributed by atoms with van der Waals surface area (Å²) in [5.41, 5.74) is 1.01. The van der Waals surface area contributed by atoms with Gasteiger partial charge in [-0.15, -0.1) is 11.3 Å². The number of aliphatic hydroxyl groups is 1. The van der Waals surface area contributed by atoms with E-state index < -0.39 is 0 Å². The highest BCUT2D eigenvalue weighted by Gasteiger charge is 2.36. The van der Waals surface area contributed by atoms with Crippen molar-refractivity contribution < 1.29 is 9.90 Å². The van der Waals surface area contributed by atoms with Gasteiger partial charge in [0.25, 0.3) is 0 Å². The fourth-order valence-corrected chi connectivity index (χ4v) is 3.48. The van der Waals surface area contributed by atoms with Crippen molar-refractivity contribution in [3.05, 3.63) is 40.3 Å². The first-order chi connectivity index (χ1) is 10.1. The molecule has 2 aromatic heterocycles. The van der Waals surface area contributed by atoms with Gasteiger partial charge in [0.1, 0.15) is 0 Å². The molecule has 1 amide bonds. The van der Waals surface area contributed by atoms with Gasteiger partial charge in [-0.1, -0.05) is 6.07 Å². The Morgan fingerprint density at radius 3 is 3.00 bits per heavy atom. The summed E-state index contributed by atoms with van der Waals surface area (Å²) in [6.45, 7) is 0. The number of aromatic nitrogens is 2. The predicted octanol–water partition coefficient (Wildman–Crippen LogP) is 1.65. The molecule has 1 fully saturated rings. The first-order valence-corrected chi connectivity index (χ1v) is 7.98. The van der Waals surface area contributed by atoms with E-state index in [2.05, 4.69) is 10.4 Å². The molecule has 0 saturated heterocycles. The van der Waals surface area contributed by atoms with Crippen LogP contribution < -0.4 is 5.32 Å². The Morgan fingerprint density at radius 1 is 1.62 bits per heavy atom. The minimum Gasteiger partial charge on any atom is -0.393 e. The third-order valence-corrected chi connectivity index (χ3v) is 4.81. The molecular weight excluding hydrogens is 286 g/mol. The van der Waals surface area contributed by atoms with Crippen LogP contribution in [0.3, 0.4) is 0 Å². The second kappa shape index (κ2) is 5.99. The Kier molecular flexibility index (Phi) is 4.07. The van der Waals surface area contributed by atoms with Gasteiger partial charge in [0.05, 0.1) is 24.8 Å². The third kappa shape index (κ3) is 3.33. The van der Waals surface area contributed by atoms with Crippen molar-refractivity contribution in [2.45, 2.75) is 31.4 Å². The molecule has 2 N–H and O–H groups in total. The van der Waals surface area contributed by atoms with Crippen LogP contribution in [0.2, 0.25) is 0 Å². The van der Waals surface area contributed by atoms with Gasteiger partial charge in [-0.05, 0) is 30.2 Å². The fraction of sp³-hybridized carbons (Fsp3) is 0.467. The first kappa shape index (κ1) is 14.3. The number of aliphatic hydroxyl groups excluding tert-OH is 1. The molecule has 1 aliphatic rings. The summed E-state index contributed by atoms with van der Waals surface area (Å²) in [5.74, 6) is 0.309. The Morgan fingerprint density at radius 2 is 2.43 bits per heavy atom. The first-order valence-electron chi connectivity index (χ1n) is 7.10. The summed E-state index contributed by atoms with van der Waals surface area (Å²) < 4.78 is 1.74. The van der Waals surface area contributed by atoms with Gasteiger partial charge >= 0.3 is 0 Å². The molecule has 2 heterocycles. The summed E-state index contributed by atoms with van der Waals surface area (Å²) in [5, 5.41) is 18.8. The summed E-state index contributed by atoms with van der Waals surface area (Å²) in [7, 11) is 1.86. The Hall–Kier alpha value is -1.66. The zero-order chi connectivity index (χ0) is 14.8. The quantitative estimate of drug-likeness (QED) is 0.882. The number of hydrogen-bond acceptors (Lipinski definition) is 4. The van der Waals surface area contributed by atoms with Crippen LogP contribution in [-0.2, 0) is 18.3 Å². The molecule has 0 radical (unpaired) electrons. The predicted molar refractivity (Wildman–Crippen MR) is 80.8 cm³/mol. The number of aryl methyl sites for hydroxylation is 1. The average Bonchev–Trinajstić information content (AvgIpc) is 3.04. The van der Waals surface area contributed by atoms with Crippen LogP contribution >= 0.6 is 11.3 Å². The highest BCUT2D eigenvalue weighted by molar-refractivity contribution is 7.10. The molecule has 5 nitrogen and oxygen atoms in total. The van der Waals surface area contributed by atoms with Gasteiger partial charge in [-0.3, -0.25) is 9.48 Å². The number of carbonyl (C=O) groups excluding carboxylic acids is 1. The van der Waals surface area contributed by atoms with Crippen LogP contribution in [0.15, 0.2) is 29.9 Å². The van der Waals surface area contributed by atoms with E-state index in [-0.39, 0.29) is 24.0 Å². The van der Waals surface area contributed by atoms with Crippen molar-refractivity contribution in [3.63, 3.8) is 0 Å². The lowest BCUT2D eigenvalue weighted by Crippen LogP contribution is -2.41. The van der Waals surface area contributed by atoms with Crippen molar-refractivity contribution in [3.8, 4) is 0 Å². The summed E-state index contributed by atoms with van der Waals surface area (Å²) in [6.07, 6.45) is 5.37. The number of thiophene rings is 1. The minimum atomic E-state index is -0.233. The van der Waals surface area contributed by atoms with E-state index in [1.807, 2.05) is 30.8 Å². The Bertz CT molecular complexity index is 602. The second-order valence-electron chi connectivity index (χ2n) is 5.63. The highest BCUT2D eigenvalue weighted by Crippen LogP contribution is 2.38. The van der Waals surface area contributed by atoms with Crippen molar-refractivity contribution in [2.24, 2.45) is 13.0 Å². The zero-order valence-corrected chi connectivity index (χ0v) is 12.7. The van der Waals surface area contributed by atoms with Crippen LogP contribution in [0, 0.1) is 5.92 Å². The Balaban J connectivity index is 1.68. The van der Waals surface area contributed by atoms with Crippen molar-refractivity contribution in [2.75, 3.05) is 0 Å². The summed E-state index contributed by atoms with van der Waals surface area (Å²) in [4.78, 5) is 13.3. The second-order valence-corrected chi connectivity index (χ2v) is 6.67. The van der Waals surface area contributed by atoms with E-state index in [0.717, 1.165) is 23.3 Å². The van der Waals surface area contributed by atoms with Gasteiger partial charge in [0.15, 0.2) is 0 Å². The lowest BCUT2D eigenvalue weighted by atomic mass is 9.75. The van der Waals surface area contributed by atoms with Crippen molar-refractivity contribution in [1.82, 2.24) is 15.1 Å². The summed E-state index contributed by atoms with van der Waals surface area (Å²) >= 11 is 1.59. The van der Waals surface area contributed by atoms with E-state index >= 15 is 0 Å². The van der Waals surface area contributed by atoms with Crippen molar-refractivity contribution >= 4 is 17.2 Å². The molecule has 1 saturated carbocycles. The standard InChI is InChI=1S/C15H19N3O2S/c1-18-9-11(8-16-18)15(10-5-12(19)6-10)17-14(20)7-13-3-2-4-21-13/h2-4,8-10,12,15,19H,5-7H2,1H3,(H,17,20).